The molecule has 0 heterocycles. The Hall–Kier alpha value is -0.530. The molecule has 0 unspecified atom stereocenters. The molecule has 0 aliphatic carbocycles. The lowest BCUT2D eigenvalue weighted by Gasteiger charge is -2.28. The molecule has 0 spiro atoms. The Labute approximate surface area is 107 Å². The monoisotopic (exact) mass is 258 g/mol. The first-order chi connectivity index (χ1) is 7.23. The Bertz CT molecular complexity index is 363. The van der Waals surface area contributed by atoms with Crippen molar-refractivity contribution in [2.75, 3.05) is 0 Å². The largest absolute Gasteiger partial charge is 0.296 e. The van der Waals surface area contributed by atoms with Crippen molar-refractivity contribution < 1.29 is 4.79 Å². The highest BCUT2D eigenvalue weighted by Crippen LogP contribution is 2.33. The van der Waals surface area contributed by atoms with Gasteiger partial charge in [-0.1, -0.05) is 67.4 Å². The lowest BCUT2D eigenvalue weighted by Crippen LogP contribution is -2.37. The van der Waals surface area contributed by atoms with Crippen LogP contribution in [0.3, 0.4) is 0 Å². The summed E-state index contributed by atoms with van der Waals surface area (Å²) in [4.78, 5) is 12.0. The van der Waals surface area contributed by atoms with Crippen molar-refractivity contribution in [3.05, 3.63) is 35.9 Å². The van der Waals surface area contributed by atoms with Crippen LogP contribution in [0.15, 0.2) is 30.3 Å². The molecule has 0 saturated carbocycles. The van der Waals surface area contributed by atoms with Gasteiger partial charge < -0.3 is 0 Å². The number of carbonyl (C=O) groups excluding carboxylic acids is 1. The third-order valence-corrected chi connectivity index (χ3v) is 2.85. The van der Waals surface area contributed by atoms with Crippen LogP contribution in [0.2, 0.25) is 0 Å². The van der Waals surface area contributed by atoms with Crippen LogP contribution in [0.1, 0.15) is 26.3 Å². The summed E-state index contributed by atoms with van der Waals surface area (Å²) < 4.78 is -1.32. The smallest absolute Gasteiger partial charge is 0.174 e. The predicted molar refractivity (Wildman–Crippen MR) is 69.0 cm³/mol. The number of benzene rings is 1. The number of hydrogen-bond donors (Lipinski definition) is 0. The van der Waals surface area contributed by atoms with Crippen LogP contribution in [0.25, 0.3) is 0 Å². The van der Waals surface area contributed by atoms with Crippen LogP contribution in [0.4, 0.5) is 0 Å². The minimum Gasteiger partial charge on any atom is -0.296 e. The number of halogens is 2. The van der Waals surface area contributed by atoms with Crippen LogP contribution in [0.5, 0.6) is 0 Å². The van der Waals surface area contributed by atoms with Crippen LogP contribution >= 0.6 is 23.2 Å². The zero-order chi connectivity index (χ0) is 12.4. The molecule has 1 nitrogen and oxygen atoms in total. The summed E-state index contributed by atoms with van der Waals surface area (Å²) in [6.07, 6.45) is 0.641. The molecule has 3 heteroatoms. The van der Waals surface area contributed by atoms with Crippen molar-refractivity contribution in [3.8, 4) is 0 Å². The van der Waals surface area contributed by atoms with E-state index in [-0.39, 0.29) is 5.78 Å². The molecular formula is C13H16Cl2O. The van der Waals surface area contributed by atoms with Gasteiger partial charge in [0.05, 0.1) is 0 Å². The third kappa shape index (κ3) is 3.50. The molecule has 0 fully saturated rings. The van der Waals surface area contributed by atoms with Gasteiger partial charge in [0.1, 0.15) is 0 Å². The van der Waals surface area contributed by atoms with Crippen LogP contribution in [-0.2, 0) is 11.2 Å². The Morgan fingerprint density at radius 3 is 2.06 bits per heavy atom. The van der Waals surface area contributed by atoms with E-state index >= 15 is 0 Å². The van der Waals surface area contributed by atoms with Gasteiger partial charge in [-0.25, -0.2) is 0 Å². The molecule has 16 heavy (non-hydrogen) atoms. The molecule has 88 valence electrons. The van der Waals surface area contributed by atoms with Gasteiger partial charge in [-0.15, -0.1) is 0 Å². The third-order valence-electron chi connectivity index (χ3n) is 2.50. The van der Waals surface area contributed by atoms with E-state index in [9.17, 15) is 4.79 Å². The number of Topliss-reactive ketones (excluding diaryl/α,β-unsaturated/α-hetero) is 1. The van der Waals surface area contributed by atoms with E-state index in [2.05, 4.69) is 0 Å². The van der Waals surface area contributed by atoms with Crippen molar-refractivity contribution in [2.45, 2.75) is 31.5 Å². The molecule has 0 radical (unpaired) electrons. The standard InChI is InChI=1S/C13H16Cl2O/c1-12(2,11(16)13(3,14)15)9-10-7-5-4-6-8-10/h4-8H,9H2,1-3H3. The maximum absolute atomic E-state index is 12.0. The highest BCUT2D eigenvalue weighted by molar-refractivity contribution is 6.58. The second-order valence-electron chi connectivity index (χ2n) is 4.76. The Morgan fingerprint density at radius 1 is 1.12 bits per heavy atom. The second kappa shape index (κ2) is 4.77. The first-order valence-corrected chi connectivity index (χ1v) is 5.96. The molecule has 1 rings (SSSR count). The Kier molecular flexibility index (Phi) is 4.03. The van der Waals surface area contributed by atoms with E-state index in [4.69, 9.17) is 23.2 Å². The van der Waals surface area contributed by atoms with Crippen LogP contribution in [0, 0.1) is 5.41 Å². The van der Waals surface area contributed by atoms with E-state index in [1.165, 1.54) is 6.92 Å². The predicted octanol–water partition coefficient (Wildman–Crippen LogP) is 4.02. The summed E-state index contributed by atoms with van der Waals surface area (Å²) in [5, 5.41) is 0. The van der Waals surface area contributed by atoms with Gasteiger partial charge in [0.2, 0.25) is 0 Å². The van der Waals surface area contributed by atoms with E-state index < -0.39 is 9.75 Å². The van der Waals surface area contributed by atoms with Gasteiger partial charge in [-0.05, 0) is 18.9 Å². The SMILES string of the molecule is CC(Cl)(Cl)C(=O)C(C)(C)Cc1ccccc1. The molecular weight excluding hydrogens is 243 g/mol. The molecule has 0 N–H and O–H groups in total. The van der Waals surface area contributed by atoms with Crippen molar-refractivity contribution >= 4 is 29.0 Å². The summed E-state index contributed by atoms with van der Waals surface area (Å²) in [6.45, 7) is 5.25. The van der Waals surface area contributed by atoms with Gasteiger partial charge in [0, 0.05) is 5.41 Å². The van der Waals surface area contributed by atoms with Crippen LogP contribution in [-0.4, -0.2) is 10.1 Å². The average molecular weight is 259 g/mol. The topological polar surface area (TPSA) is 17.1 Å². The summed E-state index contributed by atoms with van der Waals surface area (Å²) in [6, 6.07) is 9.85. The van der Waals surface area contributed by atoms with Gasteiger partial charge in [0.25, 0.3) is 0 Å². The number of alkyl halides is 2. The maximum Gasteiger partial charge on any atom is 0.174 e. The first kappa shape index (κ1) is 13.5. The number of ketones is 1. The van der Waals surface area contributed by atoms with E-state index in [1.807, 2.05) is 44.2 Å². The number of hydrogen-bond acceptors (Lipinski definition) is 1. The molecule has 0 amide bonds. The fourth-order valence-electron chi connectivity index (χ4n) is 1.78. The molecule has 1 aromatic carbocycles. The van der Waals surface area contributed by atoms with Crippen LogP contribution < -0.4 is 0 Å². The summed E-state index contributed by atoms with van der Waals surface area (Å²) >= 11 is 11.7. The van der Waals surface area contributed by atoms with Gasteiger partial charge in [-0.2, -0.15) is 0 Å². The summed E-state index contributed by atoms with van der Waals surface area (Å²) in [7, 11) is 0. The summed E-state index contributed by atoms with van der Waals surface area (Å²) in [5.74, 6) is -0.146. The fourth-order valence-corrected chi connectivity index (χ4v) is 2.29. The first-order valence-electron chi connectivity index (χ1n) is 5.20. The van der Waals surface area contributed by atoms with Crippen molar-refractivity contribution in [3.63, 3.8) is 0 Å². The number of rotatable bonds is 4. The van der Waals surface area contributed by atoms with Gasteiger partial charge in [0.15, 0.2) is 10.1 Å². The molecule has 0 aromatic heterocycles. The zero-order valence-electron chi connectivity index (χ0n) is 9.76. The Balaban J connectivity index is 2.84. The van der Waals surface area contributed by atoms with Crippen molar-refractivity contribution in [1.29, 1.82) is 0 Å². The quantitative estimate of drug-likeness (QED) is 0.746. The lowest BCUT2D eigenvalue weighted by atomic mass is 9.80. The molecule has 0 bridgehead atoms. The molecule has 0 aliphatic rings. The minimum absolute atomic E-state index is 0.146. The maximum atomic E-state index is 12.0. The molecule has 1 aromatic rings. The minimum atomic E-state index is -1.32. The highest BCUT2D eigenvalue weighted by Gasteiger charge is 2.39. The van der Waals surface area contributed by atoms with E-state index in [0.29, 0.717) is 6.42 Å². The van der Waals surface area contributed by atoms with Crippen molar-refractivity contribution in [2.24, 2.45) is 5.41 Å². The van der Waals surface area contributed by atoms with Crippen molar-refractivity contribution in [1.82, 2.24) is 0 Å². The molecule has 0 aliphatic heterocycles. The zero-order valence-corrected chi connectivity index (χ0v) is 11.3. The normalized spacial score (nSPS) is 12.6. The van der Waals surface area contributed by atoms with Gasteiger partial charge >= 0.3 is 0 Å². The average Bonchev–Trinajstić information content (AvgIpc) is 2.16. The van der Waals surface area contributed by atoms with E-state index in [1.54, 1.807) is 0 Å². The second-order valence-corrected chi connectivity index (χ2v) is 6.47. The highest BCUT2D eigenvalue weighted by atomic mass is 35.5. The molecule has 0 saturated heterocycles. The fraction of sp³-hybridized carbons (Fsp3) is 0.462. The molecule has 0 atom stereocenters. The van der Waals surface area contributed by atoms with E-state index in [0.717, 1.165) is 5.56 Å². The number of carbonyl (C=O) groups is 1. The van der Waals surface area contributed by atoms with Gasteiger partial charge in [-0.3, -0.25) is 4.79 Å². The lowest BCUT2D eigenvalue weighted by molar-refractivity contribution is -0.127. The summed E-state index contributed by atoms with van der Waals surface area (Å²) in [5.41, 5.74) is 0.554. The Morgan fingerprint density at radius 2 is 1.62 bits per heavy atom.